The standard InChI is InChI=1S/C11H21N3S.HI/c1-5-6-13-10(12-4)14-7-8-15-11(2,3)9-14;/h5H,1,6-9H2,2-4H3,(H,12,13);1H. The first kappa shape index (κ1) is 16.1. The van der Waals surface area contributed by atoms with Gasteiger partial charge < -0.3 is 10.2 Å². The first-order valence-corrected chi connectivity index (χ1v) is 6.28. The lowest BCUT2D eigenvalue weighted by atomic mass is 10.2. The highest BCUT2D eigenvalue weighted by molar-refractivity contribution is 14.0. The predicted molar refractivity (Wildman–Crippen MR) is 85.1 cm³/mol. The van der Waals surface area contributed by atoms with Crippen LogP contribution in [0.3, 0.4) is 0 Å². The van der Waals surface area contributed by atoms with Gasteiger partial charge in [0, 0.05) is 37.2 Å². The third-order valence-corrected chi connectivity index (χ3v) is 3.64. The molecule has 1 fully saturated rings. The van der Waals surface area contributed by atoms with Crippen molar-refractivity contribution in [1.29, 1.82) is 0 Å². The van der Waals surface area contributed by atoms with E-state index in [-0.39, 0.29) is 24.0 Å². The summed E-state index contributed by atoms with van der Waals surface area (Å²) in [4.78, 5) is 6.61. The topological polar surface area (TPSA) is 27.6 Å². The number of guanidine groups is 1. The minimum atomic E-state index is 0. The molecule has 0 radical (unpaired) electrons. The Hall–Kier alpha value is 0.0900. The maximum Gasteiger partial charge on any atom is 0.193 e. The van der Waals surface area contributed by atoms with Gasteiger partial charge in [0.1, 0.15) is 0 Å². The van der Waals surface area contributed by atoms with Gasteiger partial charge in [0.2, 0.25) is 0 Å². The van der Waals surface area contributed by atoms with Crippen LogP contribution in [0.1, 0.15) is 13.8 Å². The van der Waals surface area contributed by atoms with E-state index in [1.165, 1.54) is 5.75 Å². The van der Waals surface area contributed by atoms with Gasteiger partial charge in [-0.25, -0.2) is 0 Å². The molecule has 1 aliphatic heterocycles. The van der Waals surface area contributed by atoms with Gasteiger partial charge in [-0.2, -0.15) is 11.8 Å². The summed E-state index contributed by atoms with van der Waals surface area (Å²) in [5.74, 6) is 2.16. The maximum absolute atomic E-state index is 4.29. The molecule has 1 rings (SSSR count). The van der Waals surface area contributed by atoms with E-state index in [0.717, 1.165) is 25.6 Å². The molecule has 16 heavy (non-hydrogen) atoms. The molecular formula is C11H22IN3S. The fourth-order valence-electron chi connectivity index (χ4n) is 1.69. The molecule has 0 aliphatic carbocycles. The van der Waals surface area contributed by atoms with Crippen molar-refractivity contribution >= 4 is 41.7 Å². The van der Waals surface area contributed by atoms with Crippen molar-refractivity contribution in [3.8, 4) is 0 Å². The minimum Gasteiger partial charge on any atom is -0.353 e. The molecule has 0 amide bonds. The van der Waals surface area contributed by atoms with Crippen molar-refractivity contribution in [2.24, 2.45) is 4.99 Å². The number of nitrogens with one attached hydrogen (secondary N) is 1. The number of hydrogen-bond acceptors (Lipinski definition) is 2. The van der Waals surface area contributed by atoms with E-state index in [4.69, 9.17) is 0 Å². The molecular weight excluding hydrogens is 333 g/mol. The van der Waals surface area contributed by atoms with Crippen molar-refractivity contribution in [3.05, 3.63) is 12.7 Å². The fraction of sp³-hybridized carbons (Fsp3) is 0.727. The Balaban J connectivity index is 0.00000225. The van der Waals surface area contributed by atoms with Gasteiger partial charge in [-0.15, -0.1) is 30.6 Å². The molecule has 1 aliphatic rings. The van der Waals surface area contributed by atoms with Crippen LogP contribution in [0.2, 0.25) is 0 Å². The quantitative estimate of drug-likeness (QED) is 0.356. The smallest absolute Gasteiger partial charge is 0.193 e. The van der Waals surface area contributed by atoms with Crippen LogP contribution in [0.25, 0.3) is 0 Å². The second-order valence-corrected chi connectivity index (χ2v) is 6.05. The van der Waals surface area contributed by atoms with E-state index in [1.807, 2.05) is 24.9 Å². The van der Waals surface area contributed by atoms with Crippen LogP contribution in [-0.2, 0) is 0 Å². The Bertz CT molecular complexity index is 254. The second kappa shape index (κ2) is 7.42. The summed E-state index contributed by atoms with van der Waals surface area (Å²) >= 11 is 2.03. The minimum absolute atomic E-state index is 0. The van der Waals surface area contributed by atoms with Crippen LogP contribution in [0.5, 0.6) is 0 Å². The number of thioether (sulfide) groups is 1. The first-order chi connectivity index (χ1) is 7.09. The third kappa shape index (κ3) is 4.95. The van der Waals surface area contributed by atoms with Gasteiger partial charge in [0.05, 0.1) is 0 Å². The highest BCUT2D eigenvalue weighted by atomic mass is 127. The third-order valence-electron chi connectivity index (χ3n) is 2.34. The first-order valence-electron chi connectivity index (χ1n) is 5.29. The molecule has 0 saturated carbocycles. The van der Waals surface area contributed by atoms with Gasteiger partial charge in [-0.05, 0) is 13.8 Å². The van der Waals surface area contributed by atoms with Gasteiger partial charge in [-0.1, -0.05) is 6.08 Å². The summed E-state index contributed by atoms with van der Waals surface area (Å²) < 4.78 is 0.323. The summed E-state index contributed by atoms with van der Waals surface area (Å²) in [5.41, 5.74) is 0. The number of halogens is 1. The van der Waals surface area contributed by atoms with E-state index in [9.17, 15) is 0 Å². The van der Waals surface area contributed by atoms with Crippen molar-refractivity contribution in [3.63, 3.8) is 0 Å². The second-order valence-electron chi connectivity index (χ2n) is 4.25. The molecule has 0 spiro atoms. The molecule has 5 heteroatoms. The van der Waals surface area contributed by atoms with Crippen LogP contribution in [-0.4, -0.2) is 48.0 Å². The average molecular weight is 355 g/mol. The van der Waals surface area contributed by atoms with Crippen molar-refractivity contribution < 1.29 is 0 Å². The summed E-state index contributed by atoms with van der Waals surface area (Å²) in [6, 6.07) is 0. The number of rotatable bonds is 2. The summed E-state index contributed by atoms with van der Waals surface area (Å²) in [6.45, 7) is 11.2. The molecule has 1 N–H and O–H groups in total. The summed E-state index contributed by atoms with van der Waals surface area (Å²) in [6.07, 6.45) is 1.86. The van der Waals surface area contributed by atoms with E-state index < -0.39 is 0 Å². The molecule has 94 valence electrons. The lowest BCUT2D eigenvalue weighted by Gasteiger charge is -2.39. The Morgan fingerprint density at radius 1 is 1.62 bits per heavy atom. The molecule has 3 nitrogen and oxygen atoms in total. The highest BCUT2D eigenvalue weighted by Crippen LogP contribution is 2.29. The SMILES string of the molecule is C=CCNC(=NC)N1CCSC(C)(C)C1.I. The van der Waals surface area contributed by atoms with Crippen LogP contribution < -0.4 is 5.32 Å². The molecule has 1 saturated heterocycles. The van der Waals surface area contributed by atoms with E-state index in [2.05, 4.69) is 35.6 Å². The molecule has 0 aromatic carbocycles. The lowest BCUT2D eigenvalue weighted by molar-refractivity contribution is 0.377. The summed E-state index contributed by atoms with van der Waals surface area (Å²) in [7, 11) is 1.83. The van der Waals surface area contributed by atoms with Gasteiger partial charge in [0.15, 0.2) is 5.96 Å². The van der Waals surface area contributed by atoms with Gasteiger partial charge in [0.25, 0.3) is 0 Å². The zero-order valence-electron chi connectivity index (χ0n) is 10.3. The highest BCUT2D eigenvalue weighted by Gasteiger charge is 2.28. The monoisotopic (exact) mass is 355 g/mol. The Morgan fingerprint density at radius 3 is 2.81 bits per heavy atom. The van der Waals surface area contributed by atoms with E-state index >= 15 is 0 Å². The zero-order valence-corrected chi connectivity index (χ0v) is 13.5. The lowest BCUT2D eigenvalue weighted by Crippen LogP contribution is -2.50. The number of nitrogens with zero attached hydrogens (tertiary/aromatic N) is 2. The molecule has 0 aromatic rings. The maximum atomic E-state index is 4.29. The molecule has 0 atom stereocenters. The predicted octanol–water partition coefficient (Wildman–Crippen LogP) is 2.19. The van der Waals surface area contributed by atoms with Crippen LogP contribution >= 0.6 is 35.7 Å². The largest absolute Gasteiger partial charge is 0.353 e. The molecule has 0 unspecified atom stereocenters. The van der Waals surface area contributed by atoms with Crippen molar-refractivity contribution in [2.45, 2.75) is 18.6 Å². The van der Waals surface area contributed by atoms with Gasteiger partial charge >= 0.3 is 0 Å². The van der Waals surface area contributed by atoms with Crippen molar-refractivity contribution in [1.82, 2.24) is 10.2 Å². The Labute approximate surface area is 120 Å². The normalized spacial score (nSPS) is 19.9. The van der Waals surface area contributed by atoms with Crippen LogP contribution in [0.15, 0.2) is 17.6 Å². The van der Waals surface area contributed by atoms with E-state index in [1.54, 1.807) is 0 Å². The fourth-order valence-corrected chi connectivity index (χ4v) is 2.80. The van der Waals surface area contributed by atoms with E-state index in [0.29, 0.717) is 4.75 Å². The van der Waals surface area contributed by atoms with Crippen LogP contribution in [0.4, 0.5) is 0 Å². The molecule has 0 aromatic heterocycles. The number of aliphatic imine (C=N–C) groups is 1. The average Bonchev–Trinajstić information content (AvgIpc) is 2.17. The zero-order chi connectivity index (χ0) is 11.3. The number of hydrogen-bond donors (Lipinski definition) is 1. The van der Waals surface area contributed by atoms with Crippen LogP contribution in [0, 0.1) is 0 Å². The Morgan fingerprint density at radius 2 is 2.31 bits per heavy atom. The summed E-state index contributed by atoms with van der Waals surface area (Å²) in [5, 5.41) is 3.28. The van der Waals surface area contributed by atoms with Gasteiger partial charge in [-0.3, -0.25) is 4.99 Å². The molecule has 1 heterocycles. The van der Waals surface area contributed by atoms with Crippen molar-refractivity contribution in [2.75, 3.05) is 32.4 Å². The molecule has 0 bridgehead atoms. The Kier molecular flexibility index (Phi) is 7.46.